The molecule has 0 aliphatic carbocycles. The molecule has 0 saturated carbocycles. The van der Waals surface area contributed by atoms with Gasteiger partial charge >= 0.3 is 0 Å². The zero-order chi connectivity index (χ0) is 14.5. The molecule has 1 unspecified atom stereocenters. The van der Waals surface area contributed by atoms with E-state index in [0.717, 1.165) is 12.8 Å². The highest BCUT2D eigenvalue weighted by molar-refractivity contribution is 7.89. The van der Waals surface area contributed by atoms with Crippen LogP contribution in [0.3, 0.4) is 0 Å². The topological polar surface area (TPSA) is 84.2 Å². The van der Waals surface area contributed by atoms with Crippen LogP contribution < -0.4 is 4.72 Å². The van der Waals surface area contributed by atoms with Crippen molar-refractivity contribution in [1.29, 1.82) is 0 Å². The van der Waals surface area contributed by atoms with Gasteiger partial charge in [-0.3, -0.25) is 0 Å². The maximum Gasteiger partial charge on any atom is 0.259 e. The Labute approximate surface area is 114 Å². The van der Waals surface area contributed by atoms with Gasteiger partial charge in [-0.2, -0.15) is 0 Å². The van der Waals surface area contributed by atoms with Crippen LogP contribution in [-0.4, -0.2) is 36.2 Å². The van der Waals surface area contributed by atoms with Crippen molar-refractivity contribution in [3.05, 3.63) is 12.0 Å². The Bertz CT molecular complexity index is 471. The smallest absolute Gasteiger partial charge is 0.259 e. The molecule has 0 bridgehead atoms. The third-order valence-electron chi connectivity index (χ3n) is 3.16. The standard InChI is InChI=1S/C12H23N3O3S/c1-4-5-11(6-7-16)8-13-19(17,18)12-9-15(3)10(2)14-12/h9,11,13,16H,4-8H2,1-3H3. The molecule has 1 heterocycles. The summed E-state index contributed by atoms with van der Waals surface area (Å²) in [6, 6.07) is 0. The van der Waals surface area contributed by atoms with Gasteiger partial charge in [-0.1, -0.05) is 13.3 Å². The molecule has 0 aromatic carbocycles. The summed E-state index contributed by atoms with van der Waals surface area (Å²) in [5.41, 5.74) is 0. The van der Waals surface area contributed by atoms with Crippen LogP contribution in [0.4, 0.5) is 0 Å². The highest BCUT2D eigenvalue weighted by Gasteiger charge is 2.19. The largest absolute Gasteiger partial charge is 0.396 e. The Morgan fingerprint density at radius 3 is 2.63 bits per heavy atom. The first-order chi connectivity index (χ1) is 8.90. The molecule has 7 heteroatoms. The van der Waals surface area contributed by atoms with Crippen LogP contribution in [0.2, 0.25) is 0 Å². The highest BCUT2D eigenvalue weighted by atomic mass is 32.2. The molecule has 0 fully saturated rings. The second-order valence-electron chi connectivity index (χ2n) is 4.76. The molecule has 6 nitrogen and oxygen atoms in total. The Kier molecular flexibility index (Phi) is 5.96. The number of nitrogens with zero attached hydrogens (tertiary/aromatic N) is 2. The molecule has 0 spiro atoms. The lowest BCUT2D eigenvalue weighted by Gasteiger charge is -2.15. The summed E-state index contributed by atoms with van der Waals surface area (Å²) in [5.74, 6) is 0.815. The zero-order valence-corrected chi connectivity index (χ0v) is 12.6. The summed E-state index contributed by atoms with van der Waals surface area (Å²) in [7, 11) is -1.80. The highest BCUT2D eigenvalue weighted by Crippen LogP contribution is 2.12. The number of sulfonamides is 1. The maximum atomic E-state index is 12.1. The van der Waals surface area contributed by atoms with Gasteiger partial charge in [0.05, 0.1) is 0 Å². The predicted molar refractivity (Wildman–Crippen MR) is 73.2 cm³/mol. The molecule has 2 N–H and O–H groups in total. The van der Waals surface area contributed by atoms with Gasteiger partial charge in [-0.15, -0.1) is 0 Å². The lowest BCUT2D eigenvalue weighted by Crippen LogP contribution is -2.30. The van der Waals surface area contributed by atoms with Gasteiger partial charge in [0.1, 0.15) is 5.82 Å². The third-order valence-corrected chi connectivity index (χ3v) is 4.45. The van der Waals surface area contributed by atoms with E-state index in [1.165, 1.54) is 6.20 Å². The van der Waals surface area contributed by atoms with Crippen molar-refractivity contribution in [2.24, 2.45) is 13.0 Å². The Morgan fingerprint density at radius 2 is 2.16 bits per heavy atom. The van der Waals surface area contributed by atoms with Crippen LogP contribution in [0.25, 0.3) is 0 Å². The number of hydrogen-bond donors (Lipinski definition) is 2. The van der Waals surface area contributed by atoms with Gasteiger partial charge < -0.3 is 9.67 Å². The van der Waals surface area contributed by atoms with Gasteiger partial charge in [0.15, 0.2) is 5.03 Å². The first-order valence-electron chi connectivity index (χ1n) is 6.51. The summed E-state index contributed by atoms with van der Waals surface area (Å²) in [6.07, 6.45) is 3.97. The molecule has 0 aliphatic rings. The van der Waals surface area contributed by atoms with E-state index >= 15 is 0 Å². The van der Waals surface area contributed by atoms with E-state index in [4.69, 9.17) is 5.11 Å². The lowest BCUT2D eigenvalue weighted by molar-refractivity contribution is 0.251. The number of imidazole rings is 1. The van der Waals surface area contributed by atoms with E-state index in [2.05, 4.69) is 9.71 Å². The van der Waals surface area contributed by atoms with Crippen LogP contribution in [-0.2, 0) is 17.1 Å². The van der Waals surface area contributed by atoms with E-state index in [9.17, 15) is 8.42 Å². The second-order valence-corrected chi connectivity index (χ2v) is 6.47. The molecular formula is C12H23N3O3S. The zero-order valence-electron chi connectivity index (χ0n) is 11.8. The summed E-state index contributed by atoms with van der Waals surface area (Å²) >= 11 is 0. The van der Waals surface area contributed by atoms with E-state index in [1.807, 2.05) is 6.92 Å². The van der Waals surface area contributed by atoms with Crippen molar-refractivity contribution in [1.82, 2.24) is 14.3 Å². The van der Waals surface area contributed by atoms with Gasteiger partial charge in [0, 0.05) is 26.4 Å². The minimum absolute atomic E-state index is 0.0479. The monoisotopic (exact) mass is 289 g/mol. The van der Waals surface area contributed by atoms with Crippen molar-refractivity contribution in [2.75, 3.05) is 13.2 Å². The first kappa shape index (κ1) is 16.1. The van der Waals surface area contributed by atoms with E-state index in [-0.39, 0.29) is 17.6 Å². The SMILES string of the molecule is CCCC(CCO)CNS(=O)(=O)c1cn(C)c(C)n1. The third kappa shape index (κ3) is 4.59. The summed E-state index contributed by atoms with van der Waals surface area (Å²) in [5, 5.41) is 9.00. The van der Waals surface area contributed by atoms with Crippen molar-refractivity contribution < 1.29 is 13.5 Å². The molecule has 19 heavy (non-hydrogen) atoms. The molecule has 1 rings (SSSR count). The molecule has 110 valence electrons. The summed E-state index contributed by atoms with van der Waals surface area (Å²) < 4.78 is 28.4. The maximum absolute atomic E-state index is 12.1. The number of aryl methyl sites for hydroxylation is 2. The van der Waals surface area contributed by atoms with Crippen LogP contribution >= 0.6 is 0 Å². The molecule has 0 radical (unpaired) electrons. The van der Waals surface area contributed by atoms with Gasteiger partial charge in [-0.05, 0) is 25.7 Å². The van der Waals surface area contributed by atoms with E-state index < -0.39 is 10.0 Å². The summed E-state index contributed by atoms with van der Waals surface area (Å²) in [4.78, 5) is 4.01. The average Bonchev–Trinajstić information content (AvgIpc) is 2.68. The Hall–Kier alpha value is -0.920. The average molecular weight is 289 g/mol. The number of aliphatic hydroxyl groups is 1. The lowest BCUT2D eigenvalue weighted by atomic mass is 10.0. The number of nitrogens with one attached hydrogen (secondary N) is 1. The molecular weight excluding hydrogens is 266 g/mol. The minimum Gasteiger partial charge on any atom is -0.396 e. The Balaban J connectivity index is 2.68. The van der Waals surface area contributed by atoms with Crippen LogP contribution in [0.15, 0.2) is 11.2 Å². The minimum atomic E-state index is -3.56. The second kappa shape index (κ2) is 7.02. The molecule has 1 aromatic heterocycles. The molecule has 0 amide bonds. The van der Waals surface area contributed by atoms with Crippen molar-refractivity contribution in [2.45, 2.75) is 38.1 Å². The fourth-order valence-electron chi connectivity index (χ4n) is 1.90. The van der Waals surface area contributed by atoms with Crippen LogP contribution in [0, 0.1) is 12.8 Å². The molecule has 0 aliphatic heterocycles. The fourth-order valence-corrected chi connectivity index (χ4v) is 3.05. The molecule has 1 atom stereocenters. The predicted octanol–water partition coefficient (Wildman–Crippen LogP) is 0.806. The van der Waals surface area contributed by atoms with Crippen molar-refractivity contribution >= 4 is 10.0 Å². The Morgan fingerprint density at radius 1 is 1.47 bits per heavy atom. The number of rotatable bonds is 8. The number of aliphatic hydroxyl groups excluding tert-OH is 1. The van der Waals surface area contributed by atoms with Crippen LogP contribution in [0.1, 0.15) is 32.0 Å². The quantitative estimate of drug-likeness (QED) is 0.741. The van der Waals surface area contributed by atoms with Gasteiger partial charge in [0.25, 0.3) is 10.0 Å². The van der Waals surface area contributed by atoms with Gasteiger partial charge in [-0.25, -0.2) is 18.1 Å². The molecule has 1 aromatic rings. The normalized spacial score (nSPS) is 13.7. The van der Waals surface area contributed by atoms with Crippen molar-refractivity contribution in [3.63, 3.8) is 0 Å². The van der Waals surface area contributed by atoms with Crippen molar-refractivity contribution in [3.8, 4) is 0 Å². The fraction of sp³-hybridized carbons (Fsp3) is 0.750. The number of aromatic nitrogens is 2. The van der Waals surface area contributed by atoms with Crippen LogP contribution in [0.5, 0.6) is 0 Å². The summed E-state index contributed by atoms with van der Waals surface area (Å²) in [6.45, 7) is 4.22. The van der Waals surface area contributed by atoms with E-state index in [1.54, 1.807) is 18.5 Å². The van der Waals surface area contributed by atoms with E-state index in [0.29, 0.717) is 18.8 Å². The molecule has 0 saturated heterocycles. The van der Waals surface area contributed by atoms with Gasteiger partial charge in [0.2, 0.25) is 0 Å². The first-order valence-corrected chi connectivity index (χ1v) is 7.99. The number of hydrogen-bond acceptors (Lipinski definition) is 4.